The van der Waals surface area contributed by atoms with Gasteiger partial charge in [-0.05, 0) is 40.5 Å². The molecule has 96 valence electrons. The normalized spacial score (nSPS) is 21.7. The SMILES string of the molecule is Cc1ccccc1C1(Br)CC(=O)c2ccccc2O1. The molecule has 0 radical (unpaired) electrons. The average molecular weight is 317 g/mol. The van der Waals surface area contributed by atoms with Crippen LogP contribution in [0, 0.1) is 6.92 Å². The van der Waals surface area contributed by atoms with E-state index >= 15 is 0 Å². The number of aryl methyl sites for hydroxylation is 1. The van der Waals surface area contributed by atoms with Crippen LogP contribution in [0.3, 0.4) is 0 Å². The molecule has 1 aliphatic rings. The standard InChI is InChI=1S/C16H13BrO2/c1-11-6-2-4-8-13(11)16(17)10-14(18)12-7-3-5-9-15(12)19-16/h2-9H,10H2,1H3. The molecule has 0 amide bonds. The second kappa shape index (κ2) is 4.49. The molecule has 3 rings (SSSR count). The predicted octanol–water partition coefficient (Wildman–Crippen LogP) is 4.21. The lowest BCUT2D eigenvalue weighted by molar-refractivity contribution is 0.0801. The summed E-state index contributed by atoms with van der Waals surface area (Å²) in [5.41, 5.74) is 2.76. The summed E-state index contributed by atoms with van der Waals surface area (Å²) in [6, 6.07) is 15.3. The number of Topliss-reactive ketones (excluding diaryl/α,β-unsaturated/α-hetero) is 1. The maximum atomic E-state index is 12.3. The van der Waals surface area contributed by atoms with Crippen LogP contribution in [-0.4, -0.2) is 5.78 Å². The predicted molar refractivity (Wildman–Crippen MR) is 77.8 cm³/mol. The summed E-state index contributed by atoms with van der Waals surface area (Å²) in [5.74, 6) is 0.737. The maximum absolute atomic E-state index is 12.3. The highest BCUT2D eigenvalue weighted by atomic mass is 79.9. The Morgan fingerprint density at radius 1 is 1.11 bits per heavy atom. The molecular weight excluding hydrogens is 304 g/mol. The zero-order valence-electron chi connectivity index (χ0n) is 10.5. The van der Waals surface area contributed by atoms with Crippen LogP contribution in [0.2, 0.25) is 0 Å². The van der Waals surface area contributed by atoms with E-state index in [2.05, 4.69) is 15.9 Å². The molecule has 2 aromatic carbocycles. The summed E-state index contributed by atoms with van der Waals surface area (Å²) < 4.78 is 5.29. The topological polar surface area (TPSA) is 26.3 Å². The molecule has 2 nitrogen and oxygen atoms in total. The Balaban J connectivity index is 2.09. The van der Waals surface area contributed by atoms with Crippen molar-refractivity contribution in [2.24, 2.45) is 0 Å². The van der Waals surface area contributed by atoms with E-state index in [9.17, 15) is 4.79 Å². The summed E-state index contributed by atoms with van der Waals surface area (Å²) >= 11 is 3.62. The molecule has 0 N–H and O–H groups in total. The molecular formula is C16H13BrO2. The Kier molecular flexibility index (Phi) is 2.94. The summed E-state index contributed by atoms with van der Waals surface area (Å²) in [6.07, 6.45) is 0.300. The van der Waals surface area contributed by atoms with Crippen molar-refractivity contribution in [3.63, 3.8) is 0 Å². The average Bonchev–Trinajstić information content (AvgIpc) is 2.39. The van der Waals surface area contributed by atoms with E-state index in [0.717, 1.165) is 11.1 Å². The first-order valence-corrected chi connectivity index (χ1v) is 6.96. The fourth-order valence-electron chi connectivity index (χ4n) is 2.44. The lowest BCUT2D eigenvalue weighted by Gasteiger charge is -2.34. The van der Waals surface area contributed by atoms with Gasteiger partial charge in [-0.1, -0.05) is 36.4 Å². The first-order valence-electron chi connectivity index (χ1n) is 6.16. The van der Waals surface area contributed by atoms with Crippen LogP contribution in [0.5, 0.6) is 5.75 Å². The number of benzene rings is 2. The minimum Gasteiger partial charge on any atom is -0.470 e. The highest BCUT2D eigenvalue weighted by molar-refractivity contribution is 9.09. The molecule has 0 spiro atoms. The number of ketones is 1. The van der Waals surface area contributed by atoms with Crippen molar-refractivity contribution in [1.29, 1.82) is 0 Å². The third kappa shape index (κ3) is 2.08. The van der Waals surface area contributed by atoms with Crippen LogP contribution in [-0.2, 0) is 4.51 Å². The van der Waals surface area contributed by atoms with Crippen molar-refractivity contribution < 1.29 is 9.53 Å². The minimum atomic E-state index is -0.760. The number of alkyl halides is 1. The molecule has 0 aromatic heterocycles. The molecule has 0 saturated heterocycles. The van der Waals surface area contributed by atoms with Crippen molar-refractivity contribution in [3.05, 3.63) is 65.2 Å². The monoisotopic (exact) mass is 316 g/mol. The number of rotatable bonds is 1. The van der Waals surface area contributed by atoms with Crippen LogP contribution < -0.4 is 4.74 Å². The second-order valence-corrected chi connectivity index (χ2v) is 6.02. The Bertz CT molecular complexity index is 651. The highest BCUT2D eigenvalue weighted by Gasteiger charge is 2.40. The number of carbonyl (C=O) groups excluding carboxylic acids is 1. The number of ether oxygens (including phenoxy) is 1. The number of hydrogen-bond acceptors (Lipinski definition) is 2. The van der Waals surface area contributed by atoms with E-state index in [1.165, 1.54) is 0 Å². The summed E-state index contributed by atoms with van der Waals surface area (Å²) in [5, 5.41) is 0. The van der Waals surface area contributed by atoms with Crippen molar-refractivity contribution in [2.75, 3.05) is 0 Å². The highest BCUT2D eigenvalue weighted by Crippen LogP contribution is 2.44. The Morgan fingerprint density at radius 2 is 1.79 bits per heavy atom. The third-order valence-electron chi connectivity index (χ3n) is 3.39. The molecule has 19 heavy (non-hydrogen) atoms. The van der Waals surface area contributed by atoms with Crippen LogP contribution >= 0.6 is 15.9 Å². The fourth-order valence-corrected chi connectivity index (χ4v) is 3.31. The van der Waals surface area contributed by atoms with Gasteiger partial charge in [-0.3, -0.25) is 4.79 Å². The van der Waals surface area contributed by atoms with Gasteiger partial charge in [0, 0.05) is 5.56 Å². The summed E-state index contributed by atoms with van der Waals surface area (Å²) in [6.45, 7) is 2.02. The van der Waals surface area contributed by atoms with Gasteiger partial charge >= 0.3 is 0 Å². The van der Waals surface area contributed by atoms with Gasteiger partial charge in [-0.15, -0.1) is 0 Å². The van der Waals surface area contributed by atoms with E-state index < -0.39 is 4.51 Å². The zero-order valence-corrected chi connectivity index (χ0v) is 12.1. The van der Waals surface area contributed by atoms with Gasteiger partial charge in [0.25, 0.3) is 0 Å². The number of para-hydroxylation sites is 1. The van der Waals surface area contributed by atoms with Gasteiger partial charge < -0.3 is 4.74 Å². The molecule has 1 heterocycles. The molecule has 3 heteroatoms. The van der Waals surface area contributed by atoms with Gasteiger partial charge in [0.15, 0.2) is 10.3 Å². The van der Waals surface area contributed by atoms with Crippen LogP contribution in [0.15, 0.2) is 48.5 Å². The van der Waals surface area contributed by atoms with E-state index in [0.29, 0.717) is 17.7 Å². The van der Waals surface area contributed by atoms with Crippen LogP contribution in [0.4, 0.5) is 0 Å². The maximum Gasteiger partial charge on any atom is 0.196 e. The smallest absolute Gasteiger partial charge is 0.196 e. The fraction of sp³-hybridized carbons (Fsp3) is 0.188. The molecule has 1 atom stereocenters. The van der Waals surface area contributed by atoms with Gasteiger partial charge in [0.05, 0.1) is 12.0 Å². The van der Waals surface area contributed by atoms with Crippen molar-refractivity contribution in [1.82, 2.24) is 0 Å². The molecule has 1 unspecified atom stereocenters. The van der Waals surface area contributed by atoms with Gasteiger partial charge in [-0.25, -0.2) is 0 Å². The molecule has 0 bridgehead atoms. The third-order valence-corrected chi connectivity index (χ3v) is 4.26. The molecule has 2 aromatic rings. The van der Waals surface area contributed by atoms with Gasteiger partial charge in [-0.2, -0.15) is 0 Å². The number of fused-ring (bicyclic) bond motifs is 1. The number of halogens is 1. The summed E-state index contributed by atoms with van der Waals surface area (Å²) in [4.78, 5) is 12.3. The van der Waals surface area contributed by atoms with E-state index in [4.69, 9.17) is 4.74 Å². The second-order valence-electron chi connectivity index (χ2n) is 4.74. The van der Waals surface area contributed by atoms with Gasteiger partial charge in [0.1, 0.15) is 5.75 Å². The van der Waals surface area contributed by atoms with Crippen molar-refractivity contribution >= 4 is 21.7 Å². The molecule has 0 fully saturated rings. The molecule has 0 saturated carbocycles. The largest absolute Gasteiger partial charge is 0.470 e. The Hall–Kier alpha value is -1.61. The summed E-state index contributed by atoms with van der Waals surface area (Å²) in [7, 11) is 0. The number of carbonyl (C=O) groups is 1. The van der Waals surface area contributed by atoms with Crippen molar-refractivity contribution in [2.45, 2.75) is 17.9 Å². The number of hydrogen-bond donors (Lipinski definition) is 0. The van der Waals surface area contributed by atoms with E-state index in [1.807, 2.05) is 55.5 Å². The minimum absolute atomic E-state index is 0.0991. The zero-order chi connectivity index (χ0) is 13.5. The first-order chi connectivity index (χ1) is 9.10. The molecule has 0 aliphatic carbocycles. The Labute approximate surface area is 120 Å². The lowest BCUT2D eigenvalue weighted by atomic mass is 9.94. The lowest BCUT2D eigenvalue weighted by Crippen LogP contribution is -2.34. The Morgan fingerprint density at radius 3 is 2.58 bits per heavy atom. The van der Waals surface area contributed by atoms with Crippen LogP contribution in [0.25, 0.3) is 0 Å². The van der Waals surface area contributed by atoms with E-state index in [-0.39, 0.29) is 5.78 Å². The quantitative estimate of drug-likeness (QED) is 0.737. The first kappa shape index (κ1) is 12.4. The van der Waals surface area contributed by atoms with Gasteiger partial charge in [0.2, 0.25) is 0 Å². The van der Waals surface area contributed by atoms with Crippen LogP contribution in [0.1, 0.15) is 27.9 Å². The van der Waals surface area contributed by atoms with E-state index in [1.54, 1.807) is 0 Å². The molecule has 1 aliphatic heterocycles. The van der Waals surface area contributed by atoms with Crippen molar-refractivity contribution in [3.8, 4) is 5.75 Å².